The number of amides is 1. The molecule has 1 fully saturated rings. The van der Waals surface area contributed by atoms with Crippen molar-refractivity contribution in [3.05, 3.63) is 24.0 Å². The highest BCUT2D eigenvalue weighted by molar-refractivity contribution is 5.81. The van der Waals surface area contributed by atoms with Crippen molar-refractivity contribution in [2.75, 3.05) is 31.1 Å². The summed E-state index contributed by atoms with van der Waals surface area (Å²) in [5, 5.41) is 9.18. The van der Waals surface area contributed by atoms with Crippen molar-refractivity contribution in [1.82, 2.24) is 14.5 Å². The van der Waals surface area contributed by atoms with Gasteiger partial charge in [0.15, 0.2) is 0 Å². The van der Waals surface area contributed by atoms with E-state index in [1.54, 1.807) is 0 Å². The zero-order valence-corrected chi connectivity index (χ0v) is 13.6. The lowest BCUT2D eigenvalue weighted by molar-refractivity contribution is 0.148. The van der Waals surface area contributed by atoms with Crippen LogP contribution in [0.15, 0.2) is 18.3 Å². The maximum Gasteiger partial charge on any atom is 0.407 e. The Balaban J connectivity index is 1.98. The number of aryl methyl sites for hydroxylation is 1. The molecule has 0 bridgehead atoms. The van der Waals surface area contributed by atoms with E-state index in [0.717, 1.165) is 35.4 Å². The second-order valence-electron chi connectivity index (χ2n) is 6.12. The molecule has 7 heteroatoms. The predicted molar refractivity (Wildman–Crippen MR) is 89.7 cm³/mol. The first-order chi connectivity index (χ1) is 11.0. The Morgan fingerprint density at radius 2 is 2.13 bits per heavy atom. The SMILES string of the molecule is CC(N)c1nc2ccn(C)c2cc1N1CCCN(C(=O)O)CC1. The fourth-order valence-electron chi connectivity index (χ4n) is 3.13. The molecule has 0 aliphatic carbocycles. The summed E-state index contributed by atoms with van der Waals surface area (Å²) in [5.41, 5.74) is 10.0. The molecule has 0 spiro atoms. The molecule has 1 aliphatic heterocycles. The fourth-order valence-corrected chi connectivity index (χ4v) is 3.13. The second-order valence-corrected chi connectivity index (χ2v) is 6.12. The van der Waals surface area contributed by atoms with Crippen LogP contribution in [-0.4, -0.2) is 51.8 Å². The van der Waals surface area contributed by atoms with Gasteiger partial charge in [0.1, 0.15) is 0 Å². The first-order valence-electron chi connectivity index (χ1n) is 7.91. The Labute approximate surface area is 135 Å². The lowest BCUT2D eigenvalue weighted by Gasteiger charge is -2.26. The highest BCUT2D eigenvalue weighted by Gasteiger charge is 2.22. The van der Waals surface area contributed by atoms with E-state index in [2.05, 4.69) is 11.0 Å². The summed E-state index contributed by atoms with van der Waals surface area (Å²) >= 11 is 0. The largest absolute Gasteiger partial charge is 0.465 e. The van der Waals surface area contributed by atoms with Crippen molar-refractivity contribution in [3.8, 4) is 0 Å². The van der Waals surface area contributed by atoms with Crippen LogP contribution in [0.1, 0.15) is 25.1 Å². The van der Waals surface area contributed by atoms with Crippen molar-refractivity contribution in [2.45, 2.75) is 19.4 Å². The molecule has 3 N–H and O–H groups in total. The molecule has 1 aliphatic rings. The maximum absolute atomic E-state index is 11.2. The molecule has 1 unspecified atom stereocenters. The molecule has 124 valence electrons. The van der Waals surface area contributed by atoms with E-state index in [1.165, 1.54) is 4.90 Å². The van der Waals surface area contributed by atoms with E-state index < -0.39 is 6.09 Å². The number of fused-ring (bicyclic) bond motifs is 1. The van der Waals surface area contributed by atoms with Gasteiger partial charge in [-0.3, -0.25) is 0 Å². The van der Waals surface area contributed by atoms with Crippen LogP contribution in [0.25, 0.3) is 11.0 Å². The van der Waals surface area contributed by atoms with Crippen LogP contribution in [0.5, 0.6) is 0 Å². The topological polar surface area (TPSA) is 87.6 Å². The van der Waals surface area contributed by atoms with Crippen LogP contribution in [0.2, 0.25) is 0 Å². The third-order valence-corrected chi connectivity index (χ3v) is 4.41. The molecule has 23 heavy (non-hydrogen) atoms. The van der Waals surface area contributed by atoms with Gasteiger partial charge in [0, 0.05) is 45.5 Å². The number of pyridine rings is 1. The minimum absolute atomic E-state index is 0.173. The van der Waals surface area contributed by atoms with Gasteiger partial charge in [-0.15, -0.1) is 0 Å². The normalized spacial score (nSPS) is 17.3. The van der Waals surface area contributed by atoms with Crippen molar-refractivity contribution in [3.63, 3.8) is 0 Å². The minimum Gasteiger partial charge on any atom is -0.465 e. The third kappa shape index (κ3) is 2.96. The van der Waals surface area contributed by atoms with Crippen LogP contribution >= 0.6 is 0 Å². The maximum atomic E-state index is 11.2. The van der Waals surface area contributed by atoms with Gasteiger partial charge in [-0.25, -0.2) is 9.78 Å². The van der Waals surface area contributed by atoms with Crippen LogP contribution in [0, 0.1) is 0 Å². The zero-order chi connectivity index (χ0) is 16.6. The van der Waals surface area contributed by atoms with E-state index in [0.29, 0.717) is 19.6 Å². The van der Waals surface area contributed by atoms with Crippen molar-refractivity contribution >= 4 is 22.8 Å². The molecule has 2 aromatic rings. The smallest absolute Gasteiger partial charge is 0.407 e. The fraction of sp³-hybridized carbons (Fsp3) is 0.500. The van der Waals surface area contributed by atoms with E-state index >= 15 is 0 Å². The molecule has 1 saturated heterocycles. The summed E-state index contributed by atoms with van der Waals surface area (Å²) in [6, 6.07) is 3.94. The average Bonchev–Trinajstić information content (AvgIpc) is 2.74. The minimum atomic E-state index is -0.852. The van der Waals surface area contributed by atoms with Crippen LogP contribution in [-0.2, 0) is 7.05 Å². The number of carbonyl (C=O) groups is 1. The molecule has 0 radical (unpaired) electrons. The van der Waals surface area contributed by atoms with Crippen LogP contribution < -0.4 is 10.6 Å². The highest BCUT2D eigenvalue weighted by atomic mass is 16.4. The standard InChI is InChI=1S/C16H23N5O2/c1-11(17)15-14(10-13-12(18-15)4-7-19(13)2)20-5-3-6-21(9-8-20)16(22)23/h4,7,10-11H,3,5-6,8-9,17H2,1-2H3,(H,22,23). The number of anilines is 1. The van der Waals surface area contributed by atoms with Gasteiger partial charge in [0.25, 0.3) is 0 Å². The molecule has 3 heterocycles. The van der Waals surface area contributed by atoms with E-state index in [-0.39, 0.29) is 6.04 Å². The summed E-state index contributed by atoms with van der Waals surface area (Å²) in [6.07, 6.45) is 1.94. The Hall–Kier alpha value is -2.28. The first-order valence-corrected chi connectivity index (χ1v) is 7.91. The highest BCUT2D eigenvalue weighted by Crippen LogP contribution is 2.29. The van der Waals surface area contributed by atoms with Crippen LogP contribution in [0.4, 0.5) is 10.5 Å². The number of rotatable bonds is 2. The Bertz CT molecular complexity index is 725. The van der Waals surface area contributed by atoms with Crippen molar-refractivity contribution < 1.29 is 9.90 Å². The number of nitrogens with two attached hydrogens (primary N) is 1. The average molecular weight is 317 g/mol. The molecule has 1 atom stereocenters. The van der Waals surface area contributed by atoms with Gasteiger partial charge < -0.3 is 25.2 Å². The summed E-state index contributed by atoms with van der Waals surface area (Å²) in [6.45, 7) is 4.46. The van der Waals surface area contributed by atoms with Gasteiger partial charge in [-0.1, -0.05) is 0 Å². The van der Waals surface area contributed by atoms with Crippen molar-refractivity contribution in [2.24, 2.45) is 12.8 Å². The number of hydrogen-bond donors (Lipinski definition) is 2. The monoisotopic (exact) mass is 317 g/mol. The lowest BCUT2D eigenvalue weighted by Crippen LogP contribution is -2.34. The summed E-state index contributed by atoms with van der Waals surface area (Å²) in [5.74, 6) is 0. The van der Waals surface area contributed by atoms with E-state index in [4.69, 9.17) is 10.7 Å². The van der Waals surface area contributed by atoms with Gasteiger partial charge in [0.2, 0.25) is 0 Å². The first kappa shape index (κ1) is 15.6. The number of nitrogens with zero attached hydrogens (tertiary/aromatic N) is 4. The number of hydrogen-bond acceptors (Lipinski definition) is 4. The van der Waals surface area contributed by atoms with Gasteiger partial charge >= 0.3 is 6.09 Å². The molecular weight excluding hydrogens is 294 g/mol. The molecule has 3 rings (SSSR count). The zero-order valence-electron chi connectivity index (χ0n) is 13.6. The molecule has 7 nitrogen and oxygen atoms in total. The molecule has 0 aromatic carbocycles. The summed E-state index contributed by atoms with van der Waals surface area (Å²) in [7, 11) is 1.99. The van der Waals surface area contributed by atoms with Gasteiger partial charge in [-0.05, 0) is 25.5 Å². The molecule has 2 aromatic heterocycles. The second kappa shape index (κ2) is 6.08. The summed E-state index contributed by atoms with van der Waals surface area (Å²) < 4.78 is 2.04. The molecule has 1 amide bonds. The quantitative estimate of drug-likeness (QED) is 0.881. The Kier molecular flexibility index (Phi) is 4.12. The summed E-state index contributed by atoms with van der Waals surface area (Å²) in [4.78, 5) is 19.6. The van der Waals surface area contributed by atoms with Gasteiger partial charge in [-0.2, -0.15) is 0 Å². The number of carboxylic acid groups (broad SMARTS) is 1. The molecule has 0 saturated carbocycles. The van der Waals surface area contributed by atoms with E-state index in [1.807, 2.05) is 30.8 Å². The predicted octanol–water partition coefficient (Wildman–Crippen LogP) is 1.78. The molecular formula is C16H23N5O2. The lowest BCUT2D eigenvalue weighted by atomic mass is 10.1. The Morgan fingerprint density at radius 1 is 1.35 bits per heavy atom. The van der Waals surface area contributed by atoms with Gasteiger partial charge in [0.05, 0.1) is 22.4 Å². The van der Waals surface area contributed by atoms with E-state index in [9.17, 15) is 9.90 Å². The number of aromatic nitrogens is 2. The third-order valence-electron chi connectivity index (χ3n) is 4.41. The van der Waals surface area contributed by atoms with Crippen molar-refractivity contribution in [1.29, 1.82) is 0 Å². The van der Waals surface area contributed by atoms with Crippen LogP contribution in [0.3, 0.4) is 0 Å². The Morgan fingerprint density at radius 3 is 2.83 bits per heavy atom.